The molecule has 0 amide bonds. The van der Waals surface area contributed by atoms with Crippen LogP contribution in [-0.4, -0.2) is 22.3 Å². The normalized spacial score (nSPS) is 10.5. The van der Waals surface area contributed by atoms with E-state index in [2.05, 4.69) is 57.9 Å². The van der Waals surface area contributed by atoms with Crippen LogP contribution in [0.2, 0.25) is 0 Å². The molecule has 3 aromatic rings. The van der Waals surface area contributed by atoms with Gasteiger partial charge in [0.15, 0.2) is 5.82 Å². The highest BCUT2D eigenvalue weighted by molar-refractivity contribution is 5.67. The Morgan fingerprint density at radius 2 is 1.74 bits per heavy atom. The molecule has 2 N–H and O–H groups in total. The van der Waals surface area contributed by atoms with Crippen LogP contribution in [0.15, 0.2) is 42.6 Å². The van der Waals surface area contributed by atoms with E-state index in [1.807, 2.05) is 25.1 Å². The van der Waals surface area contributed by atoms with Crippen molar-refractivity contribution in [3.05, 3.63) is 59.3 Å². The van der Waals surface area contributed by atoms with E-state index in [4.69, 9.17) is 4.74 Å². The molecule has 0 aliphatic heterocycles. The fourth-order valence-electron chi connectivity index (χ4n) is 2.99. The number of nitrogens with zero attached hydrogens (tertiary/aromatic N) is 3. The lowest BCUT2D eigenvalue weighted by molar-refractivity contribution is 0.416. The maximum Gasteiger partial charge on any atom is 0.249 e. The molecule has 27 heavy (non-hydrogen) atoms. The molecule has 0 spiro atoms. The van der Waals surface area contributed by atoms with Gasteiger partial charge < -0.3 is 15.4 Å². The lowest BCUT2D eigenvalue weighted by atomic mass is 10.0. The van der Waals surface area contributed by atoms with Crippen LogP contribution in [-0.2, 0) is 12.8 Å². The number of para-hydroxylation sites is 1. The van der Waals surface area contributed by atoms with Gasteiger partial charge >= 0.3 is 0 Å². The molecule has 2 aromatic carbocycles. The Morgan fingerprint density at radius 3 is 2.41 bits per heavy atom. The molecular weight excluding hydrogens is 338 g/mol. The van der Waals surface area contributed by atoms with E-state index in [9.17, 15) is 0 Å². The van der Waals surface area contributed by atoms with Crippen molar-refractivity contribution in [2.24, 2.45) is 0 Å². The summed E-state index contributed by atoms with van der Waals surface area (Å²) in [4.78, 5) is 4.57. The lowest BCUT2D eigenvalue weighted by Crippen LogP contribution is -2.06. The highest BCUT2D eigenvalue weighted by Gasteiger charge is 2.10. The number of aryl methyl sites for hydroxylation is 3. The Balaban J connectivity index is 1.88. The number of hydrogen-bond donors (Lipinski definition) is 2. The molecule has 0 radical (unpaired) electrons. The maximum absolute atomic E-state index is 5.40. The second-order valence-corrected chi connectivity index (χ2v) is 6.28. The van der Waals surface area contributed by atoms with Gasteiger partial charge in [-0.1, -0.05) is 38.1 Å². The van der Waals surface area contributed by atoms with Crippen molar-refractivity contribution in [2.75, 3.05) is 17.7 Å². The van der Waals surface area contributed by atoms with Gasteiger partial charge in [-0.05, 0) is 48.6 Å². The molecule has 6 heteroatoms. The van der Waals surface area contributed by atoms with Gasteiger partial charge in [0.1, 0.15) is 5.75 Å². The quantitative estimate of drug-likeness (QED) is 0.628. The average Bonchev–Trinajstić information content (AvgIpc) is 2.68. The Hall–Kier alpha value is -3.15. The number of methoxy groups -OCH3 is 1. The van der Waals surface area contributed by atoms with Crippen LogP contribution in [0.3, 0.4) is 0 Å². The number of benzene rings is 2. The smallest absolute Gasteiger partial charge is 0.249 e. The van der Waals surface area contributed by atoms with Crippen molar-refractivity contribution < 1.29 is 4.74 Å². The third kappa shape index (κ3) is 4.34. The van der Waals surface area contributed by atoms with Gasteiger partial charge in [-0.15, -0.1) is 5.10 Å². The fraction of sp³-hybridized carbons (Fsp3) is 0.286. The molecule has 0 aliphatic carbocycles. The topological polar surface area (TPSA) is 72.0 Å². The van der Waals surface area contributed by atoms with Crippen molar-refractivity contribution in [2.45, 2.75) is 33.6 Å². The molecule has 0 saturated heterocycles. The third-order valence-corrected chi connectivity index (χ3v) is 4.41. The monoisotopic (exact) mass is 363 g/mol. The summed E-state index contributed by atoms with van der Waals surface area (Å²) in [6, 6.07) is 12.3. The fourth-order valence-corrected chi connectivity index (χ4v) is 2.99. The van der Waals surface area contributed by atoms with Crippen LogP contribution in [0.5, 0.6) is 5.75 Å². The minimum absolute atomic E-state index is 0.413. The Labute approximate surface area is 160 Å². The van der Waals surface area contributed by atoms with E-state index in [0.29, 0.717) is 11.8 Å². The van der Waals surface area contributed by atoms with Crippen molar-refractivity contribution in [3.8, 4) is 5.75 Å². The number of aromatic nitrogens is 3. The zero-order chi connectivity index (χ0) is 19.2. The van der Waals surface area contributed by atoms with Crippen LogP contribution in [0, 0.1) is 6.92 Å². The highest BCUT2D eigenvalue weighted by atomic mass is 16.5. The predicted octanol–water partition coefficient (Wildman–Crippen LogP) is 4.80. The van der Waals surface area contributed by atoms with E-state index in [-0.39, 0.29) is 0 Å². The minimum atomic E-state index is 0.413. The summed E-state index contributed by atoms with van der Waals surface area (Å²) in [5, 5.41) is 14.8. The average molecular weight is 363 g/mol. The molecule has 0 atom stereocenters. The van der Waals surface area contributed by atoms with Gasteiger partial charge in [-0.25, -0.2) is 0 Å². The zero-order valence-electron chi connectivity index (χ0n) is 16.2. The van der Waals surface area contributed by atoms with Crippen LogP contribution in [0.4, 0.5) is 23.1 Å². The number of ether oxygens (including phenoxy) is 1. The van der Waals surface area contributed by atoms with Crippen LogP contribution >= 0.6 is 0 Å². The van der Waals surface area contributed by atoms with Gasteiger partial charge in [-0.3, -0.25) is 0 Å². The molecule has 1 heterocycles. The van der Waals surface area contributed by atoms with Crippen LogP contribution in [0.25, 0.3) is 0 Å². The molecule has 0 aliphatic rings. The lowest BCUT2D eigenvalue weighted by Gasteiger charge is -2.15. The molecule has 6 nitrogen and oxygen atoms in total. The van der Waals surface area contributed by atoms with Gasteiger partial charge in [-0.2, -0.15) is 10.1 Å². The van der Waals surface area contributed by atoms with E-state index in [0.717, 1.165) is 35.5 Å². The summed E-state index contributed by atoms with van der Waals surface area (Å²) in [6.45, 7) is 6.32. The first-order chi connectivity index (χ1) is 13.1. The summed E-state index contributed by atoms with van der Waals surface area (Å²) in [5.74, 6) is 1.79. The molecule has 140 valence electrons. The highest BCUT2D eigenvalue weighted by Crippen LogP contribution is 2.29. The van der Waals surface area contributed by atoms with E-state index in [1.165, 1.54) is 11.1 Å². The second-order valence-electron chi connectivity index (χ2n) is 6.28. The first-order valence-electron chi connectivity index (χ1n) is 9.13. The largest absolute Gasteiger partial charge is 0.495 e. The Bertz CT molecular complexity index is 904. The van der Waals surface area contributed by atoms with Gasteiger partial charge in [0.2, 0.25) is 5.95 Å². The summed E-state index contributed by atoms with van der Waals surface area (Å²) >= 11 is 0. The summed E-state index contributed by atoms with van der Waals surface area (Å²) in [7, 11) is 1.64. The number of nitrogens with one attached hydrogen (secondary N) is 2. The first-order valence-corrected chi connectivity index (χ1v) is 9.13. The SMILES string of the molecule is CCc1cccc(CC)c1Nc1cnnc(Nc2cc(C)ccc2OC)n1. The summed E-state index contributed by atoms with van der Waals surface area (Å²) in [5.41, 5.74) is 5.53. The number of rotatable bonds is 7. The molecule has 1 aromatic heterocycles. The molecular formula is C21H25N5O. The maximum atomic E-state index is 5.40. The predicted molar refractivity (Wildman–Crippen MR) is 109 cm³/mol. The van der Waals surface area contributed by atoms with E-state index in [1.54, 1.807) is 13.3 Å². The molecule has 3 rings (SSSR count). The van der Waals surface area contributed by atoms with Gasteiger partial charge in [0.25, 0.3) is 0 Å². The Morgan fingerprint density at radius 1 is 1.00 bits per heavy atom. The van der Waals surface area contributed by atoms with Crippen molar-refractivity contribution >= 4 is 23.1 Å². The second kappa shape index (κ2) is 8.49. The number of anilines is 4. The van der Waals surface area contributed by atoms with Gasteiger partial charge in [0.05, 0.1) is 19.0 Å². The Kier molecular flexibility index (Phi) is 5.86. The standard InChI is InChI=1S/C21H25N5O/c1-5-15-8-7-9-16(6-2)20(15)24-19-13-22-26-21(25-19)23-17-12-14(3)10-11-18(17)27-4/h7-13H,5-6H2,1-4H3,(H2,23,24,25,26). The van der Waals surface area contributed by atoms with E-state index < -0.39 is 0 Å². The van der Waals surface area contributed by atoms with Gasteiger partial charge in [0, 0.05) is 5.69 Å². The first kappa shape index (κ1) is 18.6. The zero-order valence-corrected chi connectivity index (χ0v) is 16.2. The third-order valence-electron chi connectivity index (χ3n) is 4.41. The molecule has 0 unspecified atom stereocenters. The van der Waals surface area contributed by atoms with Crippen LogP contribution in [0.1, 0.15) is 30.5 Å². The van der Waals surface area contributed by atoms with Crippen molar-refractivity contribution in [1.29, 1.82) is 0 Å². The van der Waals surface area contributed by atoms with E-state index >= 15 is 0 Å². The minimum Gasteiger partial charge on any atom is -0.495 e. The van der Waals surface area contributed by atoms with Crippen molar-refractivity contribution in [3.63, 3.8) is 0 Å². The summed E-state index contributed by atoms with van der Waals surface area (Å²) < 4.78 is 5.40. The molecule has 0 saturated carbocycles. The number of hydrogen-bond acceptors (Lipinski definition) is 6. The van der Waals surface area contributed by atoms with Crippen molar-refractivity contribution in [1.82, 2.24) is 15.2 Å². The molecule has 0 fully saturated rings. The van der Waals surface area contributed by atoms with Crippen LogP contribution < -0.4 is 15.4 Å². The molecule has 0 bridgehead atoms. The summed E-state index contributed by atoms with van der Waals surface area (Å²) in [6.07, 6.45) is 3.52.